The predicted molar refractivity (Wildman–Crippen MR) is 561 cm³/mol. The van der Waals surface area contributed by atoms with Crippen molar-refractivity contribution in [1.29, 1.82) is 0 Å². The highest BCUT2D eigenvalue weighted by Crippen LogP contribution is 2.48. The van der Waals surface area contributed by atoms with E-state index >= 15 is 0 Å². The van der Waals surface area contributed by atoms with Gasteiger partial charge in [0.15, 0.2) is 0 Å². The first-order valence-electron chi connectivity index (χ1n) is 46.6. The van der Waals surface area contributed by atoms with E-state index in [1.807, 2.05) is 0 Å². The molecule has 0 aliphatic heterocycles. The third-order valence-corrected chi connectivity index (χ3v) is 27.0. The molecule has 23 rings (SSSR count). The average molecular weight is 1700 g/mol. The van der Waals surface area contributed by atoms with Crippen LogP contribution in [-0.2, 0) is 10.8 Å². The summed E-state index contributed by atoms with van der Waals surface area (Å²) in [5.74, 6) is 0. The van der Waals surface area contributed by atoms with Gasteiger partial charge in [0.05, 0.1) is 49.5 Å². The first kappa shape index (κ1) is 86.9. The van der Waals surface area contributed by atoms with Crippen molar-refractivity contribution in [2.24, 2.45) is 0 Å². The van der Waals surface area contributed by atoms with E-state index < -0.39 is 0 Å². The molecule has 0 spiro atoms. The Morgan fingerprint density at radius 1 is 0.191 bits per heavy atom. The topological polar surface area (TPSA) is 19.7 Å². The fourth-order valence-electron chi connectivity index (χ4n) is 20.5. The molecule has 22 aromatic rings. The van der Waals surface area contributed by atoms with Crippen LogP contribution in [0.15, 0.2) is 425 Å². The second kappa shape index (κ2) is 38.2. The molecule has 4 aromatic heterocycles. The summed E-state index contributed by atoms with van der Waals surface area (Å²) in [4.78, 5) is 0. The summed E-state index contributed by atoms with van der Waals surface area (Å²) in [7, 11) is 0. The number of nitrogens with zero attached hydrogens (tertiary/aromatic N) is 4. The van der Waals surface area contributed by atoms with Gasteiger partial charge in [-0.25, -0.2) is 0 Å². The molecular weight excluding hydrogens is 1580 g/mol. The largest absolute Gasteiger partial charge is 0.309 e. The number of para-hydroxylation sites is 5. The molecule has 0 atom stereocenters. The first-order valence-corrected chi connectivity index (χ1v) is 46.6. The molecule has 4 nitrogen and oxygen atoms in total. The van der Waals surface area contributed by atoms with Gasteiger partial charge in [-0.2, -0.15) is 0 Å². The van der Waals surface area contributed by atoms with Gasteiger partial charge >= 0.3 is 0 Å². The summed E-state index contributed by atoms with van der Waals surface area (Å²) in [5.41, 5.74) is 38.9. The minimum Gasteiger partial charge on any atom is -0.309 e. The van der Waals surface area contributed by atoms with Crippen LogP contribution < -0.4 is 0 Å². The van der Waals surface area contributed by atoms with Crippen molar-refractivity contribution in [3.8, 4) is 22.7 Å². The van der Waals surface area contributed by atoms with E-state index in [4.69, 9.17) is 0 Å². The summed E-state index contributed by atoms with van der Waals surface area (Å²) in [6.07, 6.45) is 6.67. The van der Waals surface area contributed by atoms with Crippen LogP contribution in [0.2, 0.25) is 0 Å². The fraction of sp³-hybridized carbons (Fsp3) is 0.150. The van der Waals surface area contributed by atoms with Crippen molar-refractivity contribution in [2.45, 2.75) is 126 Å². The minimum atomic E-state index is -0.343. The first-order chi connectivity index (χ1) is 63.9. The Bertz CT molecular complexity index is 7360. The molecule has 1 saturated carbocycles. The normalized spacial score (nSPS) is 12.3. The van der Waals surface area contributed by atoms with Crippen molar-refractivity contribution >= 4 is 87.2 Å². The molecule has 131 heavy (non-hydrogen) atoms. The molecule has 1 aliphatic carbocycles. The van der Waals surface area contributed by atoms with Gasteiger partial charge in [-0.15, -0.1) is 0 Å². The van der Waals surface area contributed by atoms with Crippen LogP contribution in [0.4, 0.5) is 0 Å². The summed E-state index contributed by atoms with van der Waals surface area (Å²) in [5, 5.41) is 10.7. The van der Waals surface area contributed by atoms with E-state index in [1.54, 1.807) is 0 Å². The van der Waals surface area contributed by atoms with Crippen molar-refractivity contribution in [3.05, 3.63) is 525 Å². The average Bonchev–Trinajstić information content (AvgIpc) is 1.05. The monoisotopic (exact) mass is 1700 g/mol. The van der Waals surface area contributed by atoms with Gasteiger partial charge in [-0.1, -0.05) is 374 Å². The van der Waals surface area contributed by atoms with Crippen LogP contribution in [0.3, 0.4) is 0 Å². The van der Waals surface area contributed by atoms with Crippen molar-refractivity contribution < 1.29 is 0 Å². The highest BCUT2D eigenvalue weighted by Gasteiger charge is 2.39. The lowest BCUT2D eigenvalue weighted by Gasteiger charge is -2.38. The highest BCUT2D eigenvalue weighted by molar-refractivity contribution is 6.14. The number of aryl methyl sites for hydroxylation is 12. The van der Waals surface area contributed by atoms with E-state index in [9.17, 15) is 0 Å². The second-order valence-corrected chi connectivity index (χ2v) is 36.2. The van der Waals surface area contributed by atoms with Gasteiger partial charge < -0.3 is 18.3 Å². The maximum atomic E-state index is 2.38. The van der Waals surface area contributed by atoms with Crippen LogP contribution in [0, 0.1) is 83.1 Å². The Kier molecular flexibility index (Phi) is 25.3. The molecule has 1 aliphatic rings. The molecule has 4 heteroatoms. The number of benzene rings is 18. The lowest BCUT2D eigenvalue weighted by Crippen LogP contribution is -2.31. The van der Waals surface area contributed by atoms with Crippen LogP contribution in [0.1, 0.15) is 132 Å². The van der Waals surface area contributed by atoms with Gasteiger partial charge in [0.2, 0.25) is 0 Å². The van der Waals surface area contributed by atoms with Crippen LogP contribution in [-0.4, -0.2) is 18.3 Å². The fourth-order valence-corrected chi connectivity index (χ4v) is 20.5. The number of fused-ring (bicyclic) bond motifs is 12. The van der Waals surface area contributed by atoms with E-state index in [0.717, 1.165) is 0 Å². The standard InChI is InChI=1S/C27H24.4C20H17N.C20H24/c1-21-13-17-25(18-14-21)27(23-9-5-3-6-10-23,24-11-7-4-8-12-24)26-19-15-22(2)16-20-26;1-14-8-7-13-18-19(14)17-12-6-9-15(2)20(17)21(18)16-10-4-3-5-11-16;1-14-8-6-12-17-19(14)20-15(2)9-7-13-18(20)21(17)16-10-4-3-5-11-16;1-14-8-10-19-17(12-14)18-13-15(2)9-11-20(18)21(19)16-6-4-3-5-7-16;1-14-8-10-17-18-11-9-15(2)13-20(18)21(19(17)12-14)16-6-4-3-5-7-16;1-16-6-10-18(11-7-16)20(14-4-3-5-15-20)19-12-8-17(2)9-13-19/h3-20H,1-2H3;4*3-13H,1-2H3;6-13H,3-5,14-15H2,1-2H3. The minimum absolute atomic E-state index is 0.250. The SMILES string of the molecule is Cc1ccc(C(c2ccccc2)(c2ccccc2)c2ccc(C)cc2)cc1.Cc1ccc(C2(c3ccc(C)cc3)CCCCC2)cc1.Cc1ccc2c(c1)c1cc(C)ccc1n2-c1ccccc1.Cc1ccc2c3ccc(C)cc3n(-c3ccccc3)c2c1.Cc1cccc2c1c1c(C)cccc1n2-c1ccccc1.Cc1cccc2c1c1cccc(C)c1n2-c1ccccc1. The molecule has 0 unspecified atom stereocenters. The molecule has 0 radical (unpaired) electrons. The molecule has 18 aromatic carbocycles. The zero-order valence-electron chi connectivity index (χ0n) is 77.7. The van der Waals surface area contributed by atoms with E-state index in [1.165, 1.54) is 242 Å². The third kappa shape index (κ3) is 17.4. The van der Waals surface area contributed by atoms with Crippen LogP contribution >= 0.6 is 0 Å². The van der Waals surface area contributed by atoms with Gasteiger partial charge in [0.1, 0.15) is 0 Å². The maximum absolute atomic E-state index is 2.38. The molecule has 0 amide bonds. The zero-order valence-corrected chi connectivity index (χ0v) is 77.7. The van der Waals surface area contributed by atoms with Crippen LogP contribution in [0.25, 0.3) is 110 Å². The Morgan fingerprint density at radius 2 is 0.481 bits per heavy atom. The number of hydrogen-bond acceptors (Lipinski definition) is 0. The second-order valence-electron chi connectivity index (χ2n) is 36.2. The summed E-state index contributed by atoms with van der Waals surface area (Å²) < 4.78 is 9.46. The Balaban J connectivity index is 0.000000106. The predicted octanol–water partition coefficient (Wildman–Crippen LogP) is 33.8. The number of hydrogen-bond donors (Lipinski definition) is 0. The lowest BCUT2D eigenvalue weighted by atomic mass is 9.65. The smallest absolute Gasteiger partial charge is 0.0701 e. The molecule has 0 bridgehead atoms. The van der Waals surface area contributed by atoms with Gasteiger partial charge in [0, 0.05) is 71.3 Å². The Hall–Kier alpha value is -14.8. The van der Waals surface area contributed by atoms with E-state index in [0.29, 0.717) is 0 Å². The van der Waals surface area contributed by atoms with Crippen molar-refractivity contribution in [2.75, 3.05) is 0 Å². The molecule has 644 valence electrons. The van der Waals surface area contributed by atoms with Gasteiger partial charge in [0.25, 0.3) is 0 Å². The maximum Gasteiger partial charge on any atom is 0.0701 e. The highest BCUT2D eigenvalue weighted by atomic mass is 15.0. The van der Waals surface area contributed by atoms with Crippen molar-refractivity contribution in [1.82, 2.24) is 18.3 Å². The molecule has 0 N–H and O–H groups in total. The third-order valence-electron chi connectivity index (χ3n) is 27.0. The number of rotatable bonds is 10. The molecular formula is C127H116N4. The van der Waals surface area contributed by atoms with Gasteiger partial charge in [-0.05, 0) is 266 Å². The summed E-state index contributed by atoms with van der Waals surface area (Å²) in [6, 6.07) is 154. The summed E-state index contributed by atoms with van der Waals surface area (Å²) in [6.45, 7) is 26.0. The van der Waals surface area contributed by atoms with Crippen molar-refractivity contribution in [3.63, 3.8) is 0 Å². The molecule has 4 heterocycles. The summed E-state index contributed by atoms with van der Waals surface area (Å²) >= 11 is 0. The van der Waals surface area contributed by atoms with Gasteiger partial charge in [-0.3, -0.25) is 0 Å². The van der Waals surface area contributed by atoms with E-state index in [2.05, 4.69) is 526 Å². The molecule has 0 saturated heterocycles. The Morgan fingerprint density at radius 3 is 0.870 bits per heavy atom. The van der Waals surface area contributed by atoms with E-state index in [-0.39, 0.29) is 10.8 Å². The zero-order chi connectivity index (χ0) is 90.3. The molecule has 1 fully saturated rings. The lowest BCUT2D eigenvalue weighted by molar-refractivity contribution is 0.346. The number of aromatic nitrogens is 4. The van der Waals surface area contributed by atoms with Crippen LogP contribution in [0.5, 0.6) is 0 Å². The Labute approximate surface area is 773 Å². The quantitative estimate of drug-likeness (QED) is 0.122.